The van der Waals surface area contributed by atoms with Crippen LogP contribution in [0.1, 0.15) is 17.5 Å². The van der Waals surface area contributed by atoms with Gasteiger partial charge in [-0.15, -0.1) is 16.4 Å². The molecule has 7 nitrogen and oxygen atoms in total. The second-order valence-electron chi connectivity index (χ2n) is 6.28. The molecule has 0 unspecified atom stereocenters. The molecule has 0 N–H and O–H groups in total. The van der Waals surface area contributed by atoms with E-state index in [1.165, 1.54) is 0 Å². The van der Waals surface area contributed by atoms with Gasteiger partial charge in [0.05, 0.1) is 10.6 Å². The van der Waals surface area contributed by atoms with E-state index in [1.54, 1.807) is 32.7 Å². The third kappa shape index (κ3) is 3.48. The van der Waals surface area contributed by atoms with Gasteiger partial charge in [0.2, 0.25) is 11.7 Å². The van der Waals surface area contributed by atoms with Crippen molar-refractivity contribution < 1.29 is 9.59 Å². The number of carbonyl (C=O) groups is 2. The van der Waals surface area contributed by atoms with Gasteiger partial charge in [-0.1, -0.05) is 24.3 Å². The van der Waals surface area contributed by atoms with Crippen LogP contribution in [0.5, 0.6) is 0 Å². The van der Waals surface area contributed by atoms with Crippen LogP contribution in [-0.2, 0) is 4.79 Å². The number of piperazine rings is 1. The predicted molar refractivity (Wildman–Crippen MR) is 103 cm³/mol. The van der Waals surface area contributed by atoms with Gasteiger partial charge in [-0.25, -0.2) is 9.67 Å². The highest BCUT2D eigenvalue weighted by Gasteiger charge is 2.27. The van der Waals surface area contributed by atoms with Crippen LogP contribution in [-0.4, -0.2) is 62.6 Å². The standard InChI is InChI=1S/C19H19N5O2S/c1-14(25)22-9-11-23(12-10-22)19(26)17-20-18(16-8-5-13-27-16)24(21-17)15-6-3-2-4-7-15/h2-8,13H,9-12H2,1H3. The van der Waals surface area contributed by atoms with E-state index in [1.807, 2.05) is 47.8 Å². The van der Waals surface area contributed by atoms with Crippen LogP contribution in [0.25, 0.3) is 16.4 Å². The van der Waals surface area contributed by atoms with E-state index < -0.39 is 0 Å². The molecule has 1 fully saturated rings. The average molecular weight is 381 g/mol. The number of carbonyl (C=O) groups excluding carboxylic acids is 2. The lowest BCUT2D eigenvalue weighted by molar-refractivity contribution is -0.130. The number of rotatable bonds is 3. The van der Waals surface area contributed by atoms with Crippen molar-refractivity contribution in [3.8, 4) is 16.4 Å². The summed E-state index contributed by atoms with van der Waals surface area (Å²) in [6, 6.07) is 13.6. The summed E-state index contributed by atoms with van der Waals surface area (Å²) >= 11 is 1.56. The Bertz CT molecular complexity index is 944. The number of hydrogen-bond donors (Lipinski definition) is 0. The zero-order chi connectivity index (χ0) is 18.8. The lowest BCUT2D eigenvalue weighted by Crippen LogP contribution is -2.50. The minimum absolute atomic E-state index is 0.0357. The maximum absolute atomic E-state index is 12.9. The molecule has 0 saturated carbocycles. The molecule has 0 atom stereocenters. The van der Waals surface area contributed by atoms with Gasteiger partial charge in [0.1, 0.15) is 0 Å². The summed E-state index contributed by atoms with van der Waals surface area (Å²) in [6.07, 6.45) is 0. The highest BCUT2D eigenvalue weighted by Crippen LogP contribution is 2.25. The van der Waals surface area contributed by atoms with E-state index in [4.69, 9.17) is 0 Å². The van der Waals surface area contributed by atoms with Gasteiger partial charge in [0.15, 0.2) is 5.82 Å². The van der Waals surface area contributed by atoms with E-state index >= 15 is 0 Å². The largest absolute Gasteiger partial charge is 0.339 e. The Balaban J connectivity index is 1.64. The quantitative estimate of drug-likeness (QED) is 0.698. The van der Waals surface area contributed by atoms with Crippen molar-refractivity contribution in [2.45, 2.75) is 6.92 Å². The van der Waals surface area contributed by atoms with Gasteiger partial charge in [-0.3, -0.25) is 9.59 Å². The normalized spacial score (nSPS) is 14.4. The maximum atomic E-state index is 12.9. The molecule has 8 heteroatoms. The van der Waals surface area contributed by atoms with Crippen LogP contribution in [0.15, 0.2) is 47.8 Å². The highest BCUT2D eigenvalue weighted by atomic mass is 32.1. The van der Waals surface area contributed by atoms with Crippen LogP contribution in [0.3, 0.4) is 0 Å². The first kappa shape index (κ1) is 17.4. The minimum atomic E-state index is -0.203. The first-order valence-corrected chi connectivity index (χ1v) is 9.62. The summed E-state index contributed by atoms with van der Waals surface area (Å²) in [5.41, 5.74) is 0.855. The van der Waals surface area contributed by atoms with Crippen molar-refractivity contribution in [1.29, 1.82) is 0 Å². The highest BCUT2D eigenvalue weighted by molar-refractivity contribution is 7.13. The van der Waals surface area contributed by atoms with E-state index in [-0.39, 0.29) is 17.6 Å². The first-order chi connectivity index (χ1) is 13.1. The van der Waals surface area contributed by atoms with Gasteiger partial charge in [-0.2, -0.15) is 0 Å². The number of nitrogens with zero attached hydrogens (tertiary/aromatic N) is 5. The zero-order valence-electron chi connectivity index (χ0n) is 14.9. The molecule has 0 bridgehead atoms. The minimum Gasteiger partial charge on any atom is -0.339 e. The van der Waals surface area contributed by atoms with E-state index in [2.05, 4.69) is 10.1 Å². The van der Waals surface area contributed by atoms with Gasteiger partial charge in [0.25, 0.3) is 5.91 Å². The van der Waals surface area contributed by atoms with Crippen LogP contribution in [0, 0.1) is 0 Å². The molecule has 1 aliphatic rings. The molecule has 0 aliphatic carbocycles. The van der Waals surface area contributed by atoms with Gasteiger partial charge in [-0.05, 0) is 23.6 Å². The molecule has 27 heavy (non-hydrogen) atoms. The summed E-state index contributed by atoms with van der Waals surface area (Å²) in [4.78, 5) is 33.4. The fraction of sp³-hybridized carbons (Fsp3) is 0.263. The summed E-state index contributed by atoms with van der Waals surface area (Å²) in [5, 5.41) is 6.48. The van der Waals surface area contributed by atoms with Crippen molar-refractivity contribution in [1.82, 2.24) is 24.6 Å². The summed E-state index contributed by atoms with van der Waals surface area (Å²) in [5.74, 6) is 0.666. The first-order valence-electron chi connectivity index (χ1n) is 8.74. The Labute approximate surface area is 160 Å². The number of para-hydroxylation sites is 1. The molecule has 0 spiro atoms. The number of amides is 2. The molecule has 3 heterocycles. The Kier molecular flexibility index (Phi) is 4.72. The second-order valence-corrected chi connectivity index (χ2v) is 7.23. The van der Waals surface area contributed by atoms with Crippen LogP contribution >= 0.6 is 11.3 Å². The third-order valence-electron chi connectivity index (χ3n) is 4.55. The van der Waals surface area contributed by atoms with Crippen molar-refractivity contribution in [3.05, 3.63) is 53.7 Å². The molecule has 1 aromatic carbocycles. The van der Waals surface area contributed by atoms with Crippen molar-refractivity contribution in [2.75, 3.05) is 26.2 Å². The molecule has 1 aliphatic heterocycles. The van der Waals surface area contributed by atoms with Crippen LogP contribution in [0.2, 0.25) is 0 Å². The molecule has 2 aromatic heterocycles. The molecule has 0 radical (unpaired) electrons. The van der Waals surface area contributed by atoms with E-state index in [0.29, 0.717) is 32.0 Å². The average Bonchev–Trinajstić information content (AvgIpc) is 3.38. The van der Waals surface area contributed by atoms with E-state index in [0.717, 1.165) is 10.6 Å². The number of thiophene rings is 1. The topological polar surface area (TPSA) is 71.3 Å². The van der Waals surface area contributed by atoms with Crippen molar-refractivity contribution in [3.63, 3.8) is 0 Å². The Morgan fingerprint density at radius 3 is 2.30 bits per heavy atom. The van der Waals surface area contributed by atoms with E-state index in [9.17, 15) is 9.59 Å². The van der Waals surface area contributed by atoms with Crippen LogP contribution < -0.4 is 0 Å². The fourth-order valence-electron chi connectivity index (χ4n) is 3.08. The zero-order valence-corrected chi connectivity index (χ0v) is 15.7. The van der Waals surface area contributed by atoms with Gasteiger partial charge >= 0.3 is 0 Å². The maximum Gasteiger partial charge on any atom is 0.293 e. The molecular formula is C19H19N5O2S. The molecule has 4 rings (SSSR count). The van der Waals surface area contributed by atoms with Crippen LogP contribution in [0.4, 0.5) is 0 Å². The Morgan fingerprint density at radius 2 is 1.67 bits per heavy atom. The molecule has 2 amide bonds. The number of benzene rings is 1. The molecule has 138 valence electrons. The summed E-state index contributed by atoms with van der Waals surface area (Å²) < 4.78 is 1.71. The molecule has 3 aromatic rings. The predicted octanol–water partition coefficient (Wildman–Crippen LogP) is 2.30. The van der Waals surface area contributed by atoms with Crippen molar-refractivity contribution >= 4 is 23.2 Å². The number of hydrogen-bond acceptors (Lipinski definition) is 5. The smallest absolute Gasteiger partial charge is 0.293 e. The molecule has 1 saturated heterocycles. The lowest BCUT2D eigenvalue weighted by Gasteiger charge is -2.33. The lowest BCUT2D eigenvalue weighted by atomic mass is 10.3. The monoisotopic (exact) mass is 381 g/mol. The number of aromatic nitrogens is 3. The second kappa shape index (κ2) is 7.32. The summed E-state index contributed by atoms with van der Waals surface area (Å²) in [6.45, 7) is 3.61. The molecular weight excluding hydrogens is 362 g/mol. The fourth-order valence-corrected chi connectivity index (χ4v) is 3.78. The SMILES string of the molecule is CC(=O)N1CCN(C(=O)c2nc(-c3cccs3)n(-c3ccccc3)n2)CC1. The van der Waals surface area contributed by atoms with Gasteiger partial charge < -0.3 is 9.80 Å². The van der Waals surface area contributed by atoms with Crippen molar-refractivity contribution in [2.24, 2.45) is 0 Å². The Hall–Kier alpha value is -3.00. The van der Waals surface area contributed by atoms with Gasteiger partial charge in [0, 0.05) is 33.1 Å². The third-order valence-corrected chi connectivity index (χ3v) is 5.42. The summed E-state index contributed by atoms with van der Waals surface area (Å²) in [7, 11) is 0. The Morgan fingerprint density at radius 1 is 0.963 bits per heavy atom.